The van der Waals surface area contributed by atoms with Crippen LogP contribution in [0.4, 0.5) is 0 Å². The van der Waals surface area contributed by atoms with Crippen molar-refractivity contribution in [2.45, 2.75) is 0 Å². The summed E-state index contributed by atoms with van der Waals surface area (Å²) < 4.78 is 18.1. The molecule has 0 bridgehead atoms. The molecule has 0 saturated carbocycles. The molecule has 2 N–H and O–H groups in total. The van der Waals surface area contributed by atoms with Gasteiger partial charge in [-0.15, -0.1) is 5.10 Å². The van der Waals surface area contributed by atoms with Crippen LogP contribution in [0.5, 0.6) is 17.2 Å². The smallest absolute Gasteiger partial charge is 0.276 e. The molecule has 2 heterocycles. The summed E-state index contributed by atoms with van der Waals surface area (Å²) in [5, 5.41) is 6.67. The first-order valence-electron chi connectivity index (χ1n) is 8.66. The molecule has 9 heteroatoms. The largest absolute Gasteiger partial charge is 0.484 e. The van der Waals surface area contributed by atoms with Crippen LogP contribution in [0.1, 0.15) is 0 Å². The highest BCUT2D eigenvalue weighted by Crippen LogP contribution is 2.23. The number of para-hydroxylation sites is 1. The van der Waals surface area contributed by atoms with Crippen molar-refractivity contribution in [3.05, 3.63) is 77.8 Å². The van der Waals surface area contributed by atoms with E-state index in [9.17, 15) is 4.79 Å². The van der Waals surface area contributed by atoms with E-state index in [1.807, 2.05) is 30.3 Å². The third-order valence-electron chi connectivity index (χ3n) is 3.82. The molecule has 1 amide bonds. The van der Waals surface area contributed by atoms with E-state index in [-0.39, 0.29) is 11.4 Å². The molecule has 0 atom stereocenters. The van der Waals surface area contributed by atoms with Crippen molar-refractivity contribution in [2.24, 2.45) is 0 Å². The van der Waals surface area contributed by atoms with E-state index >= 15 is 0 Å². The Bertz CT molecular complexity index is 1140. The number of benzene rings is 2. The van der Waals surface area contributed by atoms with Crippen LogP contribution in [-0.4, -0.2) is 27.4 Å². The third-order valence-corrected chi connectivity index (χ3v) is 4.10. The highest BCUT2D eigenvalue weighted by molar-refractivity contribution is 7.71. The molecule has 0 radical (unpaired) electrons. The van der Waals surface area contributed by atoms with Gasteiger partial charge < -0.3 is 13.9 Å². The summed E-state index contributed by atoms with van der Waals surface area (Å²) in [6.45, 7) is -0.205. The molecular weight excluding hydrogens is 392 g/mol. The molecule has 4 rings (SSSR count). The van der Waals surface area contributed by atoms with Gasteiger partial charge in [-0.3, -0.25) is 10.2 Å². The predicted octanol–water partition coefficient (Wildman–Crippen LogP) is 4.14. The molecule has 0 aliphatic heterocycles. The van der Waals surface area contributed by atoms with E-state index in [2.05, 4.69) is 15.6 Å². The Morgan fingerprint density at radius 3 is 2.48 bits per heavy atom. The number of hydrogen-bond acceptors (Lipinski definition) is 6. The first-order valence-corrected chi connectivity index (χ1v) is 9.07. The highest BCUT2D eigenvalue weighted by atomic mass is 32.1. The second kappa shape index (κ2) is 8.44. The molecule has 0 saturated heterocycles. The van der Waals surface area contributed by atoms with Gasteiger partial charge in [-0.1, -0.05) is 18.2 Å². The zero-order valence-electron chi connectivity index (χ0n) is 15.1. The van der Waals surface area contributed by atoms with E-state index in [1.165, 1.54) is 10.9 Å². The zero-order valence-corrected chi connectivity index (χ0v) is 15.9. The van der Waals surface area contributed by atoms with Crippen molar-refractivity contribution in [2.75, 3.05) is 12.0 Å². The molecule has 0 fully saturated rings. The maximum atomic E-state index is 12.3. The number of rotatable bonds is 7. The molecule has 0 aliphatic carbocycles. The fourth-order valence-electron chi connectivity index (χ4n) is 2.51. The second-order valence-corrected chi connectivity index (χ2v) is 6.26. The van der Waals surface area contributed by atoms with Gasteiger partial charge in [0.1, 0.15) is 17.2 Å². The summed E-state index contributed by atoms with van der Waals surface area (Å²) in [4.78, 5) is 12.3. The molecule has 4 aromatic rings. The Kier molecular flexibility index (Phi) is 5.39. The Morgan fingerprint density at radius 2 is 1.76 bits per heavy atom. The van der Waals surface area contributed by atoms with Gasteiger partial charge in [-0.05, 0) is 60.7 Å². The number of H-pyrrole nitrogens is 1. The molecule has 2 aromatic heterocycles. The van der Waals surface area contributed by atoms with Gasteiger partial charge in [0.15, 0.2) is 12.4 Å². The van der Waals surface area contributed by atoms with Gasteiger partial charge in [0.2, 0.25) is 10.6 Å². The Balaban J connectivity index is 1.35. The van der Waals surface area contributed by atoms with Crippen LogP contribution in [0.2, 0.25) is 0 Å². The summed E-state index contributed by atoms with van der Waals surface area (Å²) in [6.07, 6.45) is 1.51. The molecule has 0 spiro atoms. The lowest BCUT2D eigenvalue weighted by Crippen LogP contribution is -2.28. The van der Waals surface area contributed by atoms with E-state index < -0.39 is 5.91 Å². The molecule has 2 aromatic carbocycles. The van der Waals surface area contributed by atoms with Crippen LogP contribution in [0.3, 0.4) is 0 Å². The SMILES string of the molecule is O=C(COc1ccc(Oc2ccccc2)cc1)Nn1c(-c2ccco2)n[nH]c1=S. The summed E-state index contributed by atoms with van der Waals surface area (Å²) >= 11 is 5.14. The van der Waals surface area contributed by atoms with E-state index in [0.29, 0.717) is 23.1 Å². The first kappa shape index (κ1) is 18.5. The van der Waals surface area contributed by atoms with Crippen molar-refractivity contribution in [3.8, 4) is 28.8 Å². The van der Waals surface area contributed by atoms with Crippen LogP contribution < -0.4 is 14.9 Å². The van der Waals surface area contributed by atoms with Crippen LogP contribution in [0.15, 0.2) is 77.4 Å². The molecular formula is C20H16N4O4S. The van der Waals surface area contributed by atoms with Crippen molar-refractivity contribution < 1.29 is 18.7 Å². The van der Waals surface area contributed by atoms with Gasteiger partial charge >= 0.3 is 0 Å². The monoisotopic (exact) mass is 408 g/mol. The lowest BCUT2D eigenvalue weighted by atomic mass is 10.3. The highest BCUT2D eigenvalue weighted by Gasteiger charge is 2.14. The minimum atomic E-state index is -0.403. The Morgan fingerprint density at radius 1 is 1.03 bits per heavy atom. The topological polar surface area (TPSA) is 94.3 Å². The molecule has 8 nitrogen and oxygen atoms in total. The third kappa shape index (κ3) is 4.53. The molecule has 146 valence electrons. The van der Waals surface area contributed by atoms with Gasteiger partial charge in [-0.25, -0.2) is 9.77 Å². The number of nitrogens with zero attached hydrogens (tertiary/aromatic N) is 2. The van der Waals surface area contributed by atoms with Crippen LogP contribution in [0.25, 0.3) is 11.6 Å². The maximum Gasteiger partial charge on any atom is 0.276 e. The predicted molar refractivity (Wildman–Crippen MR) is 108 cm³/mol. The average Bonchev–Trinajstić information content (AvgIpc) is 3.39. The van der Waals surface area contributed by atoms with E-state index in [1.54, 1.807) is 36.4 Å². The number of ether oxygens (including phenoxy) is 2. The van der Waals surface area contributed by atoms with Gasteiger partial charge in [0, 0.05) is 0 Å². The van der Waals surface area contributed by atoms with E-state index in [4.69, 9.17) is 26.1 Å². The number of carbonyl (C=O) groups excluding carboxylic acids is 1. The second-order valence-electron chi connectivity index (χ2n) is 5.88. The van der Waals surface area contributed by atoms with E-state index in [0.717, 1.165) is 5.75 Å². The van der Waals surface area contributed by atoms with Gasteiger partial charge in [0.05, 0.1) is 6.26 Å². The fraction of sp³-hybridized carbons (Fsp3) is 0.0500. The Labute approximate surface area is 170 Å². The van der Waals surface area contributed by atoms with Crippen LogP contribution in [-0.2, 0) is 4.79 Å². The maximum absolute atomic E-state index is 12.3. The number of aromatic nitrogens is 3. The summed E-state index contributed by atoms with van der Waals surface area (Å²) in [5.74, 6) is 2.36. The quantitative estimate of drug-likeness (QED) is 0.446. The van der Waals surface area contributed by atoms with Gasteiger partial charge in [-0.2, -0.15) is 0 Å². The minimum absolute atomic E-state index is 0.205. The van der Waals surface area contributed by atoms with Crippen molar-refractivity contribution in [1.82, 2.24) is 14.9 Å². The standard InChI is InChI=1S/C20H16N4O4S/c25-18(23-24-19(21-22-20(24)29)17-7-4-12-26-17)13-27-14-8-10-16(11-9-14)28-15-5-2-1-3-6-15/h1-12H,13H2,(H,22,29)(H,23,25). The number of amides is 1. The summed E-state index contributed by atoms with van der Waals surface area (Å²) in [7, 11) is 0. The number of hydrogen-bond donors (Lipinski definition) is 2. The Hall–Kier alpha value is -3.85. The average molecular weight is 408 g/mol. The molecule has 29 heavy (non-hydrogen) atoms. The normalized spacial score (nSPS) is 10.5. The van der Waals surface area contributed by atoms with Crippen molar-refractivity contribution in [3.63, 3.8) is 0 Å². The number of aromatic amines is 1. The number of carbonyl (C=O) groups is 1. The minimum Gasteiger partial charge on any atom is -0.484 e. The van der Waals surface area contributed by atoms with Crippen molar-refractivity contribution >= 4 is 18.1 Å². The van der Waals surface area contributed by atoms with Crippen molar-refractivity contribution in [1.29, 1.82) is 0 Å². The summed E-state index contributed by atoms with van der Waals surface area (Å²) in [6, 6.07) is 19.9. The zero-order chi connectivity index (χ0) is 20.1. The van der Waals surface area contributed by atoms with Gasteiger partial charge in [0.25, 0.3) is 5.91 Å². The first-order chi connectivity index (χ1) is 14.2. The van der Waals surface area contributed by atoms with Crippen LogP contribution >= 0.6 is 12.2 Å². The fourth-order valence-corrected chi connectivity index (χ4v) is 2.68. The molecule has 0 aliphatic rings. The lowest BCUT2D eigenvalue weighted by Gasteiger charge is -2.10. The lowest BCUT2D eigenvalue weighted by molar-refractivity contribution is -0.119. The summed E-state index contributed by atoms with van der Waals surface area (Å²) in [5.41, 5.74) is 2.63. The number of nitrogens with one attached hydrogen (secondary N) is 2. The number of furan rings is 1. The van der Waals surface area contributed by atoms with Crippen LogP contribution in [0, 0.1) is 4.77 Å². The molecule has 0 unspecified atom stereocenters.